The second-order valence-electron chi connectivity index (χ2n) is 1.45. The lowest BCUT2D eigenvalue weighted by Gasteiger charge is -2.01. The smallest absolute Gasteiger partial charge is 0.318 e. The van der Waals surface area contributed by atoms with Gasteiger partial charge in [-0.1, -0.05) is 0 Å². The van der Waals surface area contributed by atoms with Crippen molar-refractivity contribution >= 4 is 16.9 Å². The zero-order valence-corrected chi connectivity index (χ0v) is 5.67. The van der Waals surface area contributed by atoms with E-state index in [9.17, 15) is 13.2 Å². The van der Waals surface area contributed by atoms with Crippen molar-refractivity contribution in [2.75, 3.05) is 13.6 Å². The van der Waals surface area contributed by atoms with E-state index in [2.05, 4.69) is 0 Å². The molecule has 0 radical (unpaired) electrons. The number of thiol groups is 1. The Bertz CT molecular complexity index is 167. The van der Waals surface area contributed by atoms with E-state index in [0.717, 1.165) is 4.31 Å². The fraction of sp³-hybridized carbons (Fsp3) is 0.667. The summed E-state index contributed by atoms with van der Waals surface area (Å²) in [5.41, 5.74) is 0. The number of carboxylic acids is 1. The summed E-state index contributed by atoms with van der Waals surface area (Å²) in [6, 6.07) is 0. The first-order valence-corrected chi connectivity index (χ1v) is 3.24. The Hall–Kier alpha value is -0.620. The number of hydrogen-bond donors (Lipinski definition) is 2. The zero-order chi connectivity index (χ0) is 7.44. The maximum absolute atomic E-state index is 9.93. The zero-order valence-electron chi connectivity index (χ0n) is 4.77. The van der Waals surface area contributed by atoms with E-state index in [1.165, 1.54) is 7.05 Å². The topological polar surface area (TPSA) is 74.7 Å². The molecule has 9 heavy (non-hydrogen) atoms. The summed E-state index contributed by atoms with van der Waals surface area (Å²) >= 11 is 0. The standard InChI is InChI=1S/C3H7NO4S/c1-4(9(7)8)2-3(5)6/h9H,2H2,1H3,(H,5,6). The van der Waals surface area contributed by atoms with Crippen LogP contribution in [0.4, 0.5) is 0 Å². The Morgan fingerprint density at radius 2 is 2.11 bits per heavy atom. The van der Waals surface area contributed by atoms with Gasteiger partial charge >= 0.3 is 5.97 Å². The number of rotatable bonds is 3. The highest BCUT2D eigenvalue weighted by atomic mass is 32.2. The molecule has 0 aliphatic rings. The second-order valence-corrected chi connectivity index (χ2v) is 2.61. The number of carboxylic acid groups (broad SMARTS) is 1. The number of hydrogen-bond acceptors (Lipinski definition) is 3. The minimum atomic E-state index is -2.74. The van der Waals surface area contributed by atoms with Crippen molar-refractivity contribution in [3.05, 3.63) is 0 Å². The van der Waals surface area contributed by atoms with Crippen molar-refractivity contribution in [1.82, 2.24) is 4.31 Å². The van der Waals surface area contributed by atoms with Crippen molar-refractivity contribution in [2.45, 2.75) is 0 Å². The molecule has 0 saturated carbocycles. The molecule has 0 fully saturated rings. The average Bonchev–Trinajstić information content (AvgIpc) is 1.63. The molecule has 0 bridgehead atoms. The van der Waals surface area contributed by atoms with Crippen LogP contribution in [0, 0.1) is 0 Å². The van der Waals surface area contributed by atoms with Crippen LogP contribution in [0.15, 0.2) is 0 Å². The van der Waals surface area contributed by atoms with Gasteiger partial charge in [-0.3, -0.25) is 4.79 Å². The van der Waals surface area contributed by atoms with Crippen LogP contribution in [0.3, 0.4) is 0 Å². The summed E-state index contributed by atoms with van der Waals surface area (Å²) in [6.45, 7) is -0.474. The molecule has 54 valence electrons. The number of aliphatic carboxylic acids is 1. The van der Waals surface area contributed by atoms with E-state index in [1.807, 2.05) is 0 Å². The van der Waals surface area contributed by atoms with Crippen LogP contribution in [-0.2, 0) is 15.7 Å². The normalized spacial score (nSPS) is 10.6. The fourth-order valence-corrected chi connectivity index (χ4v) is 0.490. The van der Waals surface area contributed by atoms with Gasteiger partial charge in [-0.25, -0.2) is 8.42 Å². The summed E-state index contributed by atoms with van der Waals surface area (Å²) in [5.74, 6) is -1.16. The first-order valence-electron chi connectivity index (χ1n) is 2.11. The van der Waals surface area contributed by atoms with Crippen LogP contribution in [0.1, 0.15) is 0 Å². The molecule has 0 aliphatic heterocycles. The van der Waals surface area contributed by atoms with Gasteiger partial charge in [0.2, 0.25) is 10.9 Å². The third kappa shape index (κ3) is 3.92. The predicted octanol–water partition coefficient (Wildman–Crippen LogP) is -1.47. The van der Waals surface area contributed by atoms with Crippen LogP contribution < -0.4 is 0 Å². The van der Waals surface area contributed by atoms with Gasteiger partial charge in [0.1, 0.15) is 6.54 Å². The summed E-state index contributed by atoms with van der Waals surface area (Å²) in [4.78, 5) is 9.81. The molecule has 1 N–H and O–H groups in total. The first-order chi connectivity index (χ1) is 4.04. The third-order valence-electron chi connectivity index (χ3n) is 0.643. The highest BCUT2D eigenvalue weighted by Crippen LogP contribution is 1.78. The molecule has 0 rings (SSSR count). The summed E-state index contributed by atoms with van der Waals surface area (Å²) in [6.07, 6.45) is 0. The van der Waals surface area contributed by atoms with E-state index in [0.29, 0.717) is 0 Å². The molecule has 0 aliphatic carbocycles. The number of carbonyl (C=O) groups is 1. The van der Waals surface area contributed by atoms with Gasteiger partial charge in [0.25, 0.3) is 0 Å². The third-order valence-corrected chi connectivity index (χ3v) is 1.34. The summed E-state index contributed by atoms with van der Waals surface area (Å²) in [5, 5.41) is 8.02. The molecule has 0 aromatic carbocycles. The molecule has 0 saturated heterocycles. The van der Waals surface area contributed by atoms with Crippen LogP contribution in [0.5, 0.6) is 0 Å². The van der Waals surface area contributed by atoms with Crippen LogP contribution >= 0.6 is 0 Å². The van der Waals surface area contributed by atoms with Gasteiger partial charge in [-0.05, 0) is 0 Å². The van der Waals surface area contributed by atoms with Crippen LogP contribution in [0.2, 0.25) is 0 Å². The lowest BCUT2D eigenvalue weighted by molar-refractivity contribution is -0.136. The minimum absolute atomic E-state index is 0.474. The van der Waals surface area contributed by atoms with Gasteiger partial charge in [-0.2, -0.15) is 4.31 Å². The second kappa shape index (κ2) is 3.41. The molecule has 5 nitrogen and oxygen atoms in total. The Balaban J connectivity index is 3.78. The monoisotopic (exact) mass is 153 g/mol. The SMILES string of the molecule is CN(CC(=O)O)[SH](=O)=O. The number of likely N-dealkylation sites (N-methyl/N-ethyl adjacent to an activating group) is 1. The van der Waals surface area contributed by atoms with Gasteiger partial charge in [0.05, 0.1) is 0 Å². The predicted molar refractivity (Wildman–Crippen MR) is 30.6 cm³/mol. The van der Waals surface area contributed by atoms with E-state index < -0.39 is 23.4 Å². The van der Waals surface area contributed by atoms with Crippen molar-refractivity contribution < 1.29 is 18.3 Å². The van der Waals surface area contributed by atoms with Crippen molar-refractivity contribution in [3.8, 4) is 0 Å². The number of nitrogens with zero attached hydrogens (tertiary/aromatic N) is 1. The van der Waals surface area contributed by atoms with Crippen molar-refractivity contribution in [1.29, 1.82) is 0 Å². The highest BCUT2D eigenvalue weighted by Gasteiger charge is 2.03. The van der Waals surface area contributed by atoms with Crippen molar-refractivity contribution in [3.63, 3.8) is 0 Å². The first kappa shape index (κ1) is 8.38. The Kier molecular flexibility index (Phi) is 3.18. The molecule has 0 spiro atoms. The van der Waals surface area contributed by atoms with E-state index in [-0.39, 0.29) is 0 Å². The van der Waals surface area contributed by atoms with E-state index >= 15 is 0 Å². The molecule has 0 unspecified atom stereocenters. The minimum Gasteiger partial charge on any atom is -0.480 e. The summed E-state index contributed by atoms with van der Waals surface area (Å²) < 4.78 is 20.6. The maximum Gasteiger partial charge on any atom is 0.318 e. The quantitative estimate of drug-likeness (QED) is 0.485. The fourth-order valence-electron chi connectivity index (χ4n) is 0.253. The van der Waals surface area contributed by atoms with E-state index in [1.54, 1.807) is 0 Å². The van der Waals surface area contributed by atoms with Gasteiger partial charge in [-0.15, -0.1) is 0 Å². The lowest BCUT2D eigenvalue weighted by atomic mass is 10.7. The van der Waals surface area contributed by atoms with Gasteiger partial charge in [0.15, 0.2) is 0 Å². The molecular weight excluding hydrogens is 146 g/mol. The molecule has 0 aromatic rings. The molecule has 0 atom stereocenters. The largest absolute Gasteiger partial charge is 0.480 e. The molecular formula is C3H7NO4S. The Labute approximate surface area is 54.0 Å². The lowest BCUT2D eigenvalue weighted by Crippen LogP contribution is -2.23. The van der Waals surface area contributed by atoms with E-state index in [4.69, 9.17) is 5.11 Å². The van der Waals surface area contributed by atoms with Crippen LogP contribution in [-0.4, -0.2) is 37.4 Å². The molecule has 0 heterocycles. The Morgan fingerprint density at radius 1 is 1.67 bits per heavy atom. The maximum atomic E-state index is 9.93. The van der Waals surface area contributed by atoms with Gasteiger partial charge < -0.3 is 5.11 Å². The molecule has 6 heteroatoms. The highest BCUT2D eigenvalue weighted by molar-refractivity contribution is 7.69. The van der Waals surface area contributed by atoms with Crippen molar-refractivity contribution in [2.24, 2.45) is 0 Å². The molecule has 0 aromatic heterocycles. The Morgan fingerprint density at radius 3 is 2.22 bits per heavy atom. The molecule has 0 amide bonds. The average molecular weight is 153 g/mol. The van der Waals surface area contributed by atoms with Gasteiger partial charge in [0, 0.05) is 7.05 Å². The summed E-state index contributed by atoms with van der Waals surface area (Å²) in [7, 11) is -1.55. The van der Waals surface area contributed by atoms with Crippen LogP contribution in [0.25, 0.3) is 0 Å².